The molecule has 1 rings (SSSR count). The number of carbonyl (C=O) groups is 1. The highest BCUT2D eigenvalue weighted by Crippen LogP contribution is 2.26. The van der Waals surface area contributed by atoms with Gasteiger partial charge in [-0.25, -0.2) is 4.79 Å². The van der Waals surface area contributed by atoms with E-state index in [0.29, 0.717) is 6.61 Å². The van der Waals surface area contributed by atoms with Gasteiger partial charge in [0.25, 0.3) is 0 Å². The van der Waals surface area contributed by atoms with Crippen molar-refractivity contribution in [1.29, 1.82) is 0 Å². The van der Waals surface area contributed by atoms with Gasteiger partial charge in [-0.2, -0.15) is 0 Å². The first-order chi connectivity index (χ1) is 9.95. The summed E-state index contributed by atoms with van der Waals surface area (Å²) in [6.45, 7) is 2.20. The normalized spacial score (nSPS) is 13.7. The minimum atomic E-state index is -1.19. The summed E-state index contributed by atoms with van der Waals surface area (Å²) in [5.74, 6) is -1.07. The first kappa shape index (κ1) is 17.7. The van der Waals surface area contributed by atoms with Crippen molar-refractivity contribution in [3.63, 3.8) is 0 Å². The zero-order valence-electron chi connectivity index (χ0n) is 11.9. The molecule has 118 valence electrons. The summed E-state index contributed by atoms with van der Waals surface area (Å²) in [6.07, 6.45) is -1.03. The van der Waals surface area contributed by atoms with E-state index in [0.717, 1.165) is 0 Å². The van der Waals surface area contributed by atoms with E-state index >= 15 is 0 Å². The van der Waals surface area contributed by atoms with Crippen molar-refractivity contribution in [1.82, 2.24) is 0 Å². The Labute approximate surface area is 128 Å². The maximum absolute atomic E-state index is 11.1. The van der Waals surface area contributed by atoms with Crippen molar-refractivity contribution >= 4 is 17.6 Å². The van der Waals surface area contributed by atoms with Gasteiger partial charge in [-0.15, -0.1) is 0 Å². The summed E-state index contributed by atoms with van der Waals surface area (Å²) in [4.78, 5) is 11.1. The zero-order chi connectivity index (χ0) is 15.8. The Bertz CT molecular complexity index is 465. The summed E-state index contributed by atoms with van der Waals surface area (Å²) in [6, 6.07) is 4.52. The van der Waals surface area contributed by atoms with Crippen molar-refractivity contribution in [3.05, 3.63) is 28.8 Å². The number of carboxylic acids is 1. The van der Waals surface area contributed by atoms with Crippen LogP contribution in [0.15, 0.2) is 18.2 Å². The highest BCUT2D eigenvalue weighted by atomic mass is 35.5. The van der Waals surface area contributed by atoms with E-state index in [4.69, 9.17) is 30.9 Å². The van der Waals surface area contributed by atoms with E-state index in [1.165, 1.54) is 12.1 Å². The second-order valence-electron chi connectivity index (χ2n) is 4.48. The Morgan fingerprint density at radius 2 is 2.05 bits per heavy atom. The Kier molecular flexibility index (Phi) is 7.45. The number of ether oxygens (including phenoxy) is 3. The molecule has 0 aliphatic heterocycles. The average Bonchev–Trinajstić information content (AvgIpc) is 2.42. The van der Waals surface area contributed by atoms with Crippen LogP contribution in [0.2, 0.25) is 5.02 Å². The van der Waals surface area contributed by atoms with Gasteiger partial charge >= 0.3 is 5.97 Å². The largest absolute Gasteiger partial charge is 0.490 e. The van der Waals surface area contributed by atoms with E-state index in [-0.39, 0.29) is 35.7 Å². The van der Waals surface area contributed by atoms with Crippen molar-refractivity contribution in [2.45, 2.75) is 19.1 Å². The van der Waals surface area contributed by atoms with Gasteiger partial charge in [0.15, 0.2) is 0 Å². The van der Waals surface area contributed by atoms with Gasteiger partial charge in [0.1, 0.15) is 24.0 Å². The number of halogens is 1. The molecule has 6 nitrogen and oxygen atoms in total. The van der Waals surface area contributed by atoms with Gasteiger partial charge in [-0.1, -0.05) is 17.7 Å². The smallest absolute Gasteiger partial charge is 0.341 e. The fourth-order valence-corrected chi connectivity index (χ4v) is 1.87. The average molecular weight is 319 g/mol. The highest BCUT2D eigenvalue weighted by molar-refractivity contribution is 6.33. The number of methoxy groups -OCH3 is 1. The molecule has 0 fully saturated rings. The molecule has 0 aromatic heterocycles. The molecule has 0 saturated carbocycles. The lowest BCUT2D eigenvalue weighted by molar-refractivity contribution is -0.0423. The van der Waals surface area contributed by atoms with E-state index in [1.54, 1.807) is 13.2 Å². The Morgan fingerprint density at radius 1 is 1.33 bits per heavy atom. The molecule has 1 aromatic carbocycles. The lowest BCUT2D eigenvalue weighted by Gasteiger charge is -2.17. The SMILES string of the molecule is COCC(C)OCC(O)COc1cccc(Cl)c1C(=O)O. The second-order valence-corrected chi connectivity index (χ2v) is 4.89. The first-order valence-corrected chi connectivity index (χ1v) is 6.76. The number of aromatic carboxylic acids is 1. The summed E-state index contributed by atoms with van der Waals surface area (Å²) in [5, 5.41) is 18.9. The minimum Gasteiger partial charge on any atom is -0.490 e. The molecule has 2 unspecified atom stereocenters. The van der Waals surface area contributed by atoms with Crippen molar-refractivity contribution in [2.24, 2.45) is 0 Å². The number of rotatable bonds is 9. The number of aliphatic hydroxyl groups is 1. The fourth-order valence-electron chi connectivity index (χ4n) is 1.62. The Hall–Kier alpha value is -1.34. The summed E-state index contributed by atoms with van der Waals surface area (Å²) in [5.41, 5.74) is -0.125. The molecule has 0 bridgehead atoms. The van der Waals surface area contributed by atoms with Gasteiger partial charge in [0, 0.05) is 7.11 Å². The molecule has 2 N–H and O–H groups in total. The third-order valence-electron chi connectivity index (χ3n) is 2.59. The number of benzene rings is 1. The molecule has 0 radical (unpaired) electrons. The molecular weight excluding hydrogens is 300 g/mol. The lowest BCUT2D eigenvalue weighted by atomic mass is 10.2. The standard InChI is InChI=1S/C14H19ClO6/c1-9(6-19-2)20-7-10(16)8-21-12-5-3-4-11(15)13(12)14(17)18/h3-5,9-10,16H,6-8H2,1-2H3,(H,17,18). The van der Waals surface area contributed by atoms with Crippen molar-refractivity contribution in [2.75, 3.05) is 26.9 Å². The van der Waals surface area contributed by atoms with E-state index in [9.17, 15) is 9.90 Å². The van der Waals surface area contributed by atoms with Crippen LogP contribution in [0.4, 0.5) is 0 Å². The van der Waals surface area contributed by atoms with Gasteiger partial charge < -0.3 is 24.4 Å². The molecule has 0 spiro atoms. The predicted molar refractivity (Wildman–Crippen MR) is 77.2 cm³/mol. The van der Waals surface area contributed by atoms with Gasteiger partial charge in [0.2, 0.25) is 0 Å². The fraction of sp³-hybridized carbons (Fsp3) is 0.500. The monoisotopic (exact) mass is 318 g/mol. The third-order valence-corrected chi connectivity index (χ3v) is 2.91. The number of hydrogen-bond acceptors (Lipinski definition) is 5. The van der Waals surface area contributed by atoms with Crippen LogP contribution in [-0.4, -0.2) is 55.3 Å². The molecule has 21 heavy (non-hydrogen) atoms. The predicted octanol–water partition coefficient (Wildman–Crippen LogP) is 1.83. The maximum atomic E-state index is 11.1. The molecule has 0 amide bonds. The highest BCUT2D eigenvalue weighted by Gasteiger charge is 2.17. The molecule has 0 heterocycles. The van der Waals surface area contributed by atoms with Crippen LogP contribution in [0.3, 0.4) is 0 Å². The van der Waals surface area contributed by atoms with Crippen molar-refractivity contribution in [3.8, 4) is 5.75 Å². The quantitative estimate of drug-likeness (QED) is 0.722. The molecule has 0 aliphatic carbocycles. The molecule has 7 heteroatoms. The topological polar surface area (TPSA) is 85.2 Å². The molecule has 0 aliphatic rings. The molecular formula is C14H19ClO6. The van der Waals surface area contributed by atoms with Crippen molar-refractivity contribution < 1.29 is 29.2 Å². The minimum absolute atomic E-state index is 0.0630. The lowest BCUT2D eigenvalue weighted by Crippen LogP contribution is -2.27. The molecule has 1 aromatic rings. The second kappa shape index (κ2) is 8.84. The van der Waals surface area contributed by atoms with E-state index < -0.39 is 12.1 Å². The summed E-state index contributed by atoms with van der Waals surface area (Å²) < 4.78 is 15.5. The Balaban J connectivity index is 2.52. The summed E-state index contributed by atoms with van der Waals surface area (Å²) >= 11 is 5.82. The maximum Gasteiger partial charge on any atom is 0.341 e. The van der Waals surface area contributed by atoms with Crippen LogP contribution in [0, 0.1) is 0 Å². The van der Waals surface area contributed by atoms with Crippen LogP contribution in [0.1, 0.15) is 17.3 Å². The third kappa shape index (κ3) is 5.89. The van der Waals surface area contributed by atoms with Gasteiger partial charge in [0.05, 0.1) is 24.3 Å². The van der Waals surface area contributed by atoms with Crippen LogP contribution >= 0.6 is 11.6 Å². The number of aliphatic hydroxyl groups excluding tert-OH is 1. The van der Waals surface area contributed by atoms with E-state index in [1.807, 2.05) is 6.92 Å². The first-order valence-electron chi connectivity index (χ1n) is 6.39. The molecule has 0 saturated heterocycles. The van der Waals surface area contributed by atoms with Crippen LogP contribution in [0.25, 0.3) is 0 Å². The number of hydrogen-bond donors (Lipinski definition) is 2. The number of carboxylic acid groups (broad SMARTS) is 1. The van der Waals surface area contributed by atoms with Gasteiger partial charge in [-0.05, 0) is 19.1 Å². The van der Waals surface area contributed by atoms with Crippen LogP contribution in [0.5, 0.6) is 5.75 Å². The Morgan fingerprint density at radius 3 is 2.67 bits per heavy atom. The summed E-state index contributed by atoms with van der Waals surface area (Å²) in [7, 11) is 1.56. The van der Waals surface area contributed by atoms with Crippen LogP contribution < -0.4 is 4.74 Å². The van der Waals surface area contributed by atoms with E-state index in [2.05, 4.69) is 0 Å². The molecule has 2 atom stereocenters. The van der Waals surface area contributed by atoms with Gasteiger partial charge in [-0.3, -0.25) is 0 Å². The zero-order valence-corrected chi connectivity index (χ0v) is 12.7. The van der Waals surface area contributed by atoms with Crippen LogP contribution in [-0.2, 0) is 9.47 Å².